The number of hydrogen-bond acceptors (Lipinski definition) is 3. The molecule has 3 nitrogen and oxygen atoms in total. The lowest BCUT2D eigenvalue weighted by Gasteiger charge is -2.12. The fourth-order valence-electron chi connectivity index (χ4n) is 2.68. The van der Waals surface area contributed by atoms with Crippen LogP contribution in [-0.2, 0) is 16.3 Å². The highest BCUT2D eigenvalue weighted by Gasteiger charge is 2.37. The lowest BCUT2D eigenvalue weighted by Crippen LogP contribution is -2.23. The van der Waals surface area contributed by atoms with Crippen molar-refractivity contribution in [2.75, 3.05) is 6.54 Å². The molecule has 1 heterocycles. The van der Waals surface area contributed by atoms with Crippen LogP contribution in [0.5, 0.6) is 0 Å². The van der Waals surface area contributed by atoms with E-state index in [0.717, 1.165) is 30.3 Å². The largest absolute Gasteiger partial charge is 0.314 e. The van der Waals surface area contributed by atoms with Gasteiger partial charge in [0.1, 0.15) is 0 Å². The Morgan fingerprint density at radius 2 is 2.05 bits per heavy atom. The van der Waals surface area contributed by atoms with Crippen LogP contribution in [0, 0.1) is 0 Å². The van der Waals surface area contributed by atoms with Crippen LogP contribution in [0.3, 0.4) is 0 Å². The SMILES string of the molecule is O=S(=O)(c1ccc(CC2CCCN2)cc1Br)C1CC1. The van der Waals surface area contributed by atoms with Gasteiger partial charge in [0.25, 0.3) is 0 Å². The quantitative estimate of drug-likeness (QED) is 0.914. The lowest BCUT2D eigenvalue weighted by atomic mass is 10.1. The number of rotatable bonds is 4. The third-order valence-corrected chi connectivity index (χ3v) is 7.15. The number of hydrogen-bond donors (Lipinski definition) is 1. The Kier molecular flexibility index (Phi) is 3.71. The maximum atomic E-state index is 12.2. The zero-order valence-corrected chi connectivity index (χ0v) is 13.1. The molecule has 104 valence electrons. The smallest absolute Gasteiger partial charge is 0.182 e. The molecule has 1 unspecified atom stereocenters. The van der Waals surface area contributed by atoms with Gasteiger partial charge < -0.3 is 5.32 Å². The fourth-order valence-corrected chi connectivity index (χ4v) is 5.48. The Bertz CT molecular complexity index is 575. The molecular formula is C14H18BrNO2S. The Morgan fingerprint density at radius 1 is 1.26 bits per heavy atom. The average molecular weight is 344 g/mol. The summed E-state index contributed by atoms with van der Waals surface area (Å²) in [5.74, 6) is 0. The number of halogens is 1. The van der Waals surface area contributed by atoms with E-state index in [1.807, 2.05) is 12.1 Å². The minimum atomic E-state index is -3.10. The minimum absolute atomic E-state index is 0.147. The van der Waals surface area contributed by atoms with E-state index in [2.05, 4.69) is 21.2 Å². The van der Waals surface area contributed by atoms with Crippen molar-refractivity contribution in [2.24, 2.45) is 0 Å². The molecule has 1 aliphatic carbocycles. The van der Waals surface area contributed by atoms with Gasteiger partial charge in [-0.1, -0.05) is 6.07 Å². The van der Waals surface area contributed by atoms with E-state index in [1.54, 1.807) is 6.07 Å². The van der Waals surface area contributed by atoms with Gasteiger partial charge in [-0.3, -0.25) is 0 Å². The van der Waals surface area contributed by atoms with Crippen molar-refractivity contribution >= 4 is 25.8 Å². The predicted molar refractivity (Wildman–Crippen MR) is 79.1 cm³/mol. The highest BCUT2D eigenvalue weighted by molar-refractivity contribution is 9.10. The van der Waals surface area contributed by atoms with Crippen LogP contribution >= 0.6 is 15.9 Å². The Morgan fingerprint density at radius 3 is 2.63 bits per heavy atom. The second-order valence-electron chi connectivity index (χ2n) is 5.51. The molecule has 1 saturated heterocycles. The van der Waals surface area contributed by atoms with Crippen LogP contribution in [0.15, 0.2) is 27.6 Å². The molecule has 5 heteroatoms. The maximum Gasteiger partial charge on any atom is 0.182 e. The Labute approximate surface area is 122 Å². The van der Waals surface area contributed by atoms with E-state index < -0.39 is 9.84 Å². The first-order valence-corrected chi connectivity index (χ1v) is 9.17. The van der Waals surface area contributed by atoms with Gasteiger partial charge in [0.2, 0.25) is 0 Å². The van der Waals surface area contributed by atoms with Gasteiger partial charge >= 0.3 is 0 Å². The summed E-state index contributed by atoms with van der Waals surface area (Å²) in [4.78, 5) is 0.457. The van der Waals surface area contributed by atoms with E-state index in [-0.39, 0.29) is 5.25 Å². The summed E-state index contributed by atoms with van der Waals surface area (Å²) in [5, 5.41) is 3.32. The third-order valence-electron chi connectivity index (χ3n) is 3.91. The summed E-state index contributed by atoms with van der Waals surface area (Å²) in [5.41, 5.74) is 1.20. The molecule has 1 N–H and O–H groups in total. The molecule has 0 radical (unpaired) electrons. The van der Waals surface area contributed by atoms with E-state index in [9.17, 15) is 8.42 Å². The number of sulfone groups is 1. The first kappa shape index (κ1) is 13.6. The molecule has 3 rings (SSSR count). The lowest BCUT2D eigenvalue weighted by molar-refractivity contribution is 0.593. The summed E-state index contributed by atoms with van der Waals surface area (Å²) in [6, 6.07) is 6.23. The highest BCUT2D eigenvalue weighted by atomic mass is 79.9. The van der Waals surface area contributed by atoms with E-state index in [0.29, 0.717) is 10.9 Å². The molecule has 0 bridgehead atoms. The molecule has 1 aromatic rings. The van der Waals surface area contributed by atoms with Gasteiger partial charge in [-0.05, 0) is 72.3 Å². The molecule has 1 aliphatic heterocycles. The van der Waals surface area contributed by atoms with E-state index >= 15 is 0 Å². The average Bonchev–Trinajstić information content (AvgIpc) is 3.10. The summed E-state index contributed by atoms with van der Waals surface area (Å²) in [6.45, 7) is 1.10. The second-order valence-corrected chi connectivity index (χ2v) is 8.56. The molecule has 1 atom stereocenters. The van der Waals surface area contributed by atoms with Crippen LogP contribution in [0.2, 0.25) is 0 Å². The first-order valence-electron chi connectivity index (χ1n) is 6.83. The van der Waals surface area contributed by atoms with Gasteiger partial charge in [0, 0.05) is 10.5 Å². The van der Waals surface area contributed by atoms with Crippen molar-refractivity contribution in [3.8, 4) is 0 Å². The van der Waals surface area contributed by atoms with Crippen LogP contribution in [-0.4, -0.2) is 26.3 Å². The van der Waals surface area contributed by atoms with Crippen molar-refractivity contribution in [1.29, 1.82) is 0 Å². The molecule has 1 saturated carbocycles. The second kappa shape index (κ2) is 5.19. The van der Waals surface area contributed by atoms with Gasteiger partial charge in [0.15, 0.2) is 9.84 Å². The monoisotopic (exact) mass is 343 g/mol. The minimum Gasteiger partial charge on any atom is -0.314 e. The molecular weight excluding hydrogens is 326 g/mol. The van der Waals surface area contributed by atoms with Gasteiger partial charge in [-0.25, -0.2) is 8.42 Å². The summed E-state index contributed by atoms with van der Waals surface area (Å²) in [7, 11) is -3.10. The van der Waals surface area contributed by atoms with Gasteiger partial charge in [0.05, 0.1) is 10.1 Å². The van der Waals surface area contributed by atoms with Crippen LogP contribution in [0.25, 0.3) is 0 Å². The van der Waals surface area contributed by atoms with Crippen molar-refractivity contribution in [3.05, 3.63) is 28.2 Å². The normalized spacial score (nSPS) is 23.7. The number of nitrogens with one attached hydrogen (secondary N) is 1. The summed E-state index contributed by atoms with van der Waals surface area (Å²) < 4.78 is 25.2. The van der Waals surface area contributed by atoms with Crippen molar-refractivity contribution in [2.45, 2.75) is 48.3 Å². The van der Waals surface area contributed by atoms with Gasteiger partial charge in [-0.15, -0.1) is 0 Å². The standard InChI is InChI=1S/C14H18BrNO2S/c15-13-9-10(8-11-2-1-7-16-11)3-6-14(13)19(17,18)12-4-5-12/h3,6,9,11-12,16H,1-2,4-5,7-8H2. The van der Waals surface area contributed by atoms with Crippen molar-refractivity contribution < 1.29 is 8.42 Å². The molecule has 2 fully saturated rings. The van der Waals surface area contributed by atoms with Crippen molar-refractivity contribution in [1.82, 2.24) is 5.32 Å². The highest BCUT2D eigenvalue weighted by Crippen LogP contribution is 2.36. The third kappa shape index (κ3) is 2.88. The number of benzene rings is 1. The Balaban J connectivity index is 1.81. The molecule has 19 heavy (non-hydrogen) atoms. The molecule has 0 amide bonds. The van der Waals surface area contributed by atoms with Crippen LogP contribution < -0.4 is 5.32 Å². The maximum absolute atomic E-state index is 12.2. The fraction of sp³-hybridized carbons (Fsp3) is 0.571. The van der Waals surface area contributed by atoms with E-state index in [1.165, 1.54) is 18.4 Å². The van der Waals surface area contributed by atoms with Crippen LogP contribution in [0.1, 0.15) is 31.2 Å². The van der Waals surface area contributed by atoms with E-state index in [4.69, 9.17) is 0 Å². The topological polar surface area (TPSA) is 46.2 Å². The summed E-state index contributed by atoms with van der Waals surface area (Å²) in [6.07, 6.45) is 5.03. The zero-order chi connectivity index (χ0) is 13.5. The first-order chi connectivity index (χ1) is 9.07. The van der Waals surface area contributed by atoms with Gasteiger partial charge in [-0.2, -0.15) is 0 Å². The molecule has 0 spiro atoms. The zero-order valence-electron chi connectivity index (χ0n) is 10.7. The molecule has 2 aliphatic rings. The molecule has 0 aromatic heterocycles. The van der Waals surface area contributed by atoms with Crippen LogP contribution in [0.4, 0.5) is 0 Å². The summed E-state index contributed by atoms with van der Waals surface area (Å²) >= 11 is 3.43. The predicted octanol–water partition coefficient (Wildman–Crippen LogP) is 2.68. The Hall–Kier alpha value is -0.390. The van der Waals surface area contributed by atoms with Crippen molar-refractivity contribution in [3.63, 3.8) is 0 Å². The molecule has 1 aromatic carbocycles.